The molecule has 136 valence electrons. The lowest BCUT2D eigenvalue weighted by molar-refractivity contribution is -0.126. The highest BCUT2D eigenvalue weighted by molar-refractivity contribution is 5.96. The first-order valence-electron chi connectivity index (χ1n) is 8.75. The van der Waals surface area contributed by atoms with Gasteiger partial charge in [0.2, 0.25) is 5.91 Å². The van der Waals surface area contributed by atoms with Crippen molar-refractivity contribution in [3.05, 3.63) is 77.0 Å². The maximum Gasteiger partial charge on any atom is 0.274 e. The first-order chi connectivity index (χ1) is 13.2. The Morgan fingerprint density at radius 3 is 2.85 bits per heavy atom. The highest BCUT2D eigenvalue weighted by atomic mass is 16.5. The molecular formula is C21H19N3O3. The average molecular weight is 361 g/mol. The molecule has 0 saturated heterocycles. The molecule has 0 unspecified atom stereocenters. The second kappa shape index (κ2) is 7.09. The molecule has 1 aliphatic rings. The molecule has 0 fully saturated rings. The molecule has 0 radical (unpaired) electrons. The molecule has 3 aromatic rings. The molecule has 3 N–H and O–H groups in total. The second-order valence-corrected chi connectivity index (χ2v) is 6.56. The molecule has 2 amide bonds. The molecule has 1 aliphatic heterocycles. The number of aromatic amines is 1. The zero-order valence-corrected chi connectivity index (χ0v) is 14.6. The van der Waals surface area contributed by atoms with E-state index >= 15 is 0 Å². The van der Waals surface area contributed by atoms with E-state index in [-0.39, 0.29) is 5.91 Å². The van der Waals surface area contributed by atoms with Crippen LogP contribution in [0.3, 0.4) is 0 Å². The Morgan fingerprint density at radius 2 is 2.00 bits per heavy atom. The number of hydroxylamine groups is 1. The van der Waals surface area contributed by atoms with E-state index in [1.165, 1.54) is 0 Å². The maximum absolute atomic E-state index is 12.6. The molecule has 1 aromatic heterocycles. The van der Waals surface area contributed by atoms with Crippen LogP contribution in [0.2, 0.25) is 0 Å². The minimum Gasteiger partial charge on any atom is -0.361 e. The van der Waals surface area contributed by atoms with Crippen LogP contribution in [0, 0.1) is 0 Å². The summed E-state index contributed by atoms with van der Waals surface area (Å²) in [6.07, 6.45) is 6.04. The number of nitrogens with zero attached hydrogens (tertiary/aromatic N) is 1. The Bertz CT molecular complexity index is 1050. The summed E-state index contributed by atoms with van der Waals surface area (Å²) in [4.78, 5) is 29.2. The van der Waals surface area contributed by atoms with Crippen molar-refractivity contribution in [2.45, 2.75) is 13.0 Å². The van der Waals surface area contributed by atoms with Crippen molar-refractivity contribution in [3.8, 4) is 0 Å². The number of H-pyrrole nitrogens is 1. The summed E-state index contributed by atoms with van der Waals surface area (Å²) in [6, 6.07) is 13.2. The van der Waals surface area contributed by atoms with Crippen LogP contribution in [0.25, 0.3) is 17.0 Å². The smallest absolute Gasteiger partial charge is 0.274 e. The Hall–Kier alpha value is -3.38. The maximum atomic E-state index is 12.6. The van der Waals surface area contributed by atoms with E-state index in [1.54, 1.807) is 28.6 Å². The van der Waals surface area contributed by atoms with Crippen molar-refractivity contribution in [2.24, 2.45) is 0 Å². The van der Waals surface area contributed by atoms with E-state index < -0.39 is 5.91 Å². The van der Waals surface area contributed by atoms with E-state index in [4.69, 9.17) is 5.21 Å². The van der Waals surface area contributed by atoms with Crippen LogP contribution >= 0.6 is 0 Å². The van der Waals surface area contributed by atoms with Gasteiger partial charge in [0.05, 0.1) is 0 Å². The van der Waals surface area contributed by atoms with Crippen LogP contribution in [-0.2, 0) is 17.8 Å². The van der Waals surface area contributed by atoms with Crippen LogP contribution in [0.1, 0.15) is 27.0 Å². The highest BCUT2D eigenvalue weighted by Crippen LogP contribution is 2.22. The zero-order chi connectivity index (χ0) is 18.8. The zero-order valence-electron chi connectivity index (χ0n) is 14.6. The summed E-state index contributed by atoms with van der Waals surface area (Å²) >= 11 is 0. The standard InChI is InChI=1S/C21H19N3O3/c25-20(8-7-16-12-22-19-4-2-1-3-18(16)19)24-10-9-14-5-6-15(21(26)23-27)11-17(14)13-24/h1-8,11-12,22,27H,9-10,13H2,(H,23,26). The summed E-state index contributed by atoms with van der Waals surface area (Å²) in [5.41, 5.74) is 6.06. The van der Waals surface area contributed by atoms with Gasteiger partial charge in [0.1, 0.15) is 0 Å². The van der Waals surface area contributed by atoms with Crippen molar-refractivity contribution in [2.75, 3.05) is 6.54 Å². The number of hydrogen-bond acceptors (Lipinski definition) is 3. The van der Waals surface area contributed by atoms with Gasteiger partial charge < -0.3 is 9.88 Å². The fraction of sp³-hybridized carbons (Fsp3) is 0.143. The number of rotatable bonds is 3. The van der Waals surface area contributed by atoms with Gasteiger partial charge in [-0.2, -0.15) is 0 Å². The number of benzene rings is 2. The average Bonchev–Trinajstić information content (AvgIpc) is 3.13. The monoisotopic (exact) mass is 361 g/mol. The van der Waals surface area contributed by atoms with Crippen LogP contribution in [-0.4, -0.2) is 33.5 Å². The van der Waals surface area contributed by atoms with Crippen LogP contribution < -0.4 is 5.48 Å². The predicted octanol–water partition coefficient (Wildman–Crippen LogP) is 2.89. The molecule has 0 atom stereocenters. The Kier molecular flexibility index (Phi) is 4.48. The van der Waals surface area contributed by atoms with Gasteiger partial charge >= 0.3 is 0 Å². The SMILES string of the molecule is O=C(NO)c1ccc2c(c1)CN(C(=O)C=Cc1c[nH]c3ccccc13)CC2. The molecule has 6 nitrogen and oxygen atoms in total. The van der Waals surface area contributed by atoms with Crippen LogP contribution in [0.15, 0.2) is 54.7 Å². The quantitative estimate of drug-likeness (QED) is 0.381. The third kappa shape index (κ3) is 3.35. The number of carbonyl (C=O) groups excluding carboxylic acids is 2. The van der Waals surface area contributed by atoms with Gasteiger partial charge in [-0.25, -0.2) is 5.48 Å². The molecule has 0 aliphatic carbocycles. The van der Waals surface area contributed by atoms with Crippen molar-refractivity contribution < 1.29 is 14.8 Å². The van der Waals surface area contributed by atoms with Gasteiger partial charge in [-0.05, 0) is 47.4 Å². The molecule has 2 heterocycles. The molecular weight excluding hydrogens is 342 g/mol. The topological polar surface area (TPSA) is 85.4 Å². The fourth-order valence-electron chi connectivity index (χ4n) is 3.45. The van der Waals surface area contributed by atoms with Gasteiger partial charge in [0, 0.05) is 41.8 Å². The van der Waals surface area contributed by atoms with Crippen molar-refractivity contribution in [3.63, 3.8) is 0 Å². The summed E-state index contributed by atoms with van der Waals surface area (Å²) in [5, 5.41) is 9.87. The van der Waals surface area contributed by atoms with Crippen LogP contribution in [0.4, 0.5) is 0 Å². The highest BCUT2D eigenvalue weighted by Gasteiger charge is 2.20. The van der Waals surface area contributed by atoms with Gasteiger partial charge in [-0.1, -0.05) is 24.3 Å². The third-order valence-corrected chi connectivity index (χ3v) is 4.92. The second-order valence-electron chi connectivity index (χ2n) is 6.56. The first kappa shape index (κ1) is 17.1. The number of amides is 2. The molecule has 4 rings (SSSR count). The van der Waals surface area contributed by atoms with E-state index in [1.807, 2.05) is 42.6 Å². The number of carbonyl (C=O) groups is 2. The lowest BCUT2D eigenvalue weighted by Crippen LogP contribution is -2.35. The summed E-state index contributed by atoms with van der Waals surface area (Å²) in [6.45, 7) is 1.08. The predicted molar refractivity (Wildman–Crippen MR) is 102 cm³/mol. The molecule has 0 saturated carbocycles. The Labute approximate surface area is 156 Å². The lowest BCUT2D eigenvalue weighted by Gasteiger charge is -2.28. The van der Waals surface area contributed by atoms with E-state index in [0.29, 0.717) is 18.7 Å². The van der Waals surface area contributed by atoms with Gasteiger partial charge in [-0.15, -0.1) is 0 Å². The Balaban J connectivity index is 1.51. The van der Waals surface area contributed by atoms with Crippen molar-refractivity contribution in [1.29, 1.82) is 0 Å². The summed E-state index contributed by atoms with van der Waals surface area (Å²) < 4.78 is 0. The molecule has 27 heavy (non-hydrogen) atoms. The number of fused-ring (bicyclic) bond motifs is 2. The number of nitrogens with one attached hydrogen (secondary N) is 2. The number of para-hydroxylation sites is 1. The van der Waals surface area contributed by atoms with Crippen molar-refractivity contribution >= 4 is 28.8 Å². The van der Waals surface area contributed by atoms with Crippen molar-refractivity contribution in [1.82, 2.24) is 15.4 Å². The minimum absolute atomic E-state index is 0.0667. The van der Waals surface area contributed by atoms with E-state index in [9.17, 15) is 9.59 Å². The first-order valence-corrected chi connectivity index (χ1v) is 8.75. The molecule has 2 aromatic carbocycles. The fourth-order valence-corrected chi connectivity index (χ4v) is 3.45. The van der Waals surface area contributed by atoms with Gasteiger partial charge in [-0.3, -0.25) is 14.8 Å². The van der Waals surface area contributed by atoms with E-state index in [2.05, 4.69) is 4.98 Å². The lowest BCUT2D eigenvalue weighted by atomic mass is 9.97. The molecule has 0 bridgehead atoms. The van der Waals surface area contributed by atoms with Crippen LogP contribution in [0.5, 0.6) is 0 Å². The molecule has 6 heteroatoms. The molecule has 0 spiro atoms. The minimum atomic E-state index is -0.555. The largest absolute Gasteiger partial charge is 0.361 e. The normalized spacial score (nSPS) is 13.7. The van der Waals surface area contributed by atoms with Gasteiger partial charge in [0.25, 0.3) is 5.91 Å². The Morgan fingerprint density at radius 1 is 1.15 bits per heavy atom. The summed E-state index contributed by atoms with van der Waals surface area (Å²) in [7, 11) is 0. The van der Waals surface area contributed by atoms with E-state index in [0.717, 1.165) is 34.0 Å². The van der Waals surface area contributed by atoms with Gasteiger partial charge in [0.15, 0.2) is 0 Å². The third-order valence-electron chi connectivity index (χ3n) is 4.92. The number of aromatic nitrogens is 1. The number of hydrogen-bond donors (Lipinski definition) is 3. The summed E-state index contributed by atoms with van der Waals surface area (Å²) in [5.74, 6) is -0.622.